The van der Waals surface area contributed by atoms with Gasteiger partial charge < -0.3 is 10.2 Å². The lowest BCUT2D eigenvalue weighted by molar-refractivity contribution is -0.136. The number of carboxylic acids is 1. The molecule has 0 unspecified atom stereocenters. The molecule has 1 aromatic carbocycles. The van der Waals surface area contributed by atoms with Crippen molar-refractivity contribution in [3.63, 3.8) is 0 Å². The zero-order valence-corrected chi connectivity index (χ0v) is 8.11. The molecule has 0 radical (unpaired) electrons. The molecule has 1 heterocycles. The van der Waals surface area contributed by atoms with E-state index in [4.69, 9.17) is 10.2 Å². The summed E-state index contributed by atoms with van der Waals surface area (Å²) in [5.74, 6) is -0.648. The van der Waals surface area contributed by atoms with E-state index >= 15 is 0 Å². The minimum Gasteiger partial charge on any atom is -0.508 e. The molecule has 0 fully saturated rings. The Kier molecular flexibility index (Phi) is 2.50. The molecule has 0 aliphatic heterocycles. The normalized spacial score (nSPS) is 10.2. The summed E-state index contributed by atoms with van der Waals surface area (Å²) in [7, 11) is 0. The molecule has 0 bridgehead atoms. The molecule has 0 spiro atoms. The van der Waals surface area contributed by atoms with Crippen LogP contribution in [0.2, 0.25) is 0 Å². The fraction of sp³-hybridized carbons (Fsp3) is 0.111. The van der Waals surface area contributed by atoms with Crippen LogP contribution in [0.5, 0.6) is 5.75 Å². The van der Waals surface area contributed by atoms with Gasteiger partial charge in [0.2, 0.25) is 0 Å². The Labute approximate surface area is 90.0 Å². The third-order valence-electron chi connectivity index (χ3n) is 1.94. The minimum absolute atomic E-state index is 0.122. The molecule has 7 nitrogen and oxygen atoms in total. The highest BCUT2D eigenvalue weighted by atomic mass is 16.4. The summed E-state index contributed by atoms with van der Waals surface area (Å²) in [5, 5.41) is 28.5. The van der Waals surface area contributed by atoms with E-state index < -0.39 is 5.97 Å². The lowest BCUT2D eigenvalue weighted by atomic mass is 10.3. The number of nitrogens with zero attached hydrogens (tertiary/aromatic N) is 4. The first kappa shape index (κ1) is 10.1. The maximum absolute atomic E-state index is 10.6. The van der Waals surface area contributed by atoms with Gasteiger partial charge in [-0.25, -0.2) is 0 Å². The van der Waals surface area contributed by atoms with Gasteiger partial charge in [-0.1, -0.05) is 0 Å². The maximum Gasteiger partial charge on any atom is 0.311 e. The van der Waals surface area contributed by atoms with Crippen LogP contribution in [0.25, 0.3) is 5.69 Å². The van der Waals surface area contributed by atoms with Crippen LogP contribution < -0.4 is 0 Å². The highest BCUT2D eigenvalue weighted by molar-refractivity contribution is 5.69. The predicted molar refractivity (Wildman–Crippen MR) is 52.2 cm³/mol. The predicted octanol–water partition coefficient (Wildman–Crippen LogP) is -0.00500. The van der Waals surface area contributed by atoms with E-state index in [0.717, 1.165) is 0 Å². The maximum atomic E-state index is 10.6. The molecule has 1 aromatic heterocycles. The van der Waals surface area contributed by atoms with E-state index in [0.29, 0.717) is 5.69 Å². The number of carbonyl (C=O) groups is 1. The van der Waals surface area contributed by atoms with Crippen molar-refractivity contribution >= 4 is 5.97 Å². The van der Waals surface area contributed by atoms with E-state index in [1.165, 1.54) is 16.8 Å². The monoisotopic (exact) mass is 220 g/mol. The van der Waals surface area contributed by atoms with Crippen LogP contribution in [0.3, 0.4) is 0 Å². The van der Waals surface area contributed by atoms with Gasteiger partial charge in [0.25, 0.3) is 0 Å². The number of tetrazole rings is 1. The van der Waals surface area contributed by atoms with Crippen molar-refractivity contribution in [2.24, 2.45) is 0 Å². The second-order valence-electron chi connectivity index (χ2n) is 3.09. The summed E-state index contributed by atoms with van der Waals surface area (Å²) in [6, 6.07) is 6.14. The number of rotatable bonds is 3. The van der Waals surface area contributed by atoms with Gasteiger partial charge in [-0.05, 0) is 34.7 Å². The number of hydrogen-bond donors (Lipinski definition) is 2. The molecule has 0 aliphatic rings. The summed E-state index contributed by atoms with van der Waals surface area (Å²) >= 11 is 0. The van der Waals surface area contributed by atoms with Crippen LogP contribution in [0.15, 0.2) is 24.3 Å². The van der Waals surface area contributed by atoms with Gasteiger partial charge in [-0.3, -0.25) is 4.79 Å². The fourth-order valence-electron chi connectivity index (χ4n) is 1.25. The Hall–Kier alpha value is -2.44. The molecule has 0 aliphatic carbocycles. The standard InChI is InChI=1S/C9H8N4O3/c14-7-3-1-6(2-4-7)13-8(5-9(15)16)10-11-12-13/h1-4,14H,5H2,(H,15,16). The third-order valence-corrected chi connectivity index (χ3v) is 1.94. The minimum atomic E-state index is -1.00. The Morgan fingerprint density at radius 1 is 1.31 bits per heavy atom. The van der Waals surface area contributed by atoms with E-state index in [9.17, 15) is 4.79 Å². The first-order chi connectivity index (χ1) is 7.66. The van der Waals surface area contributed by atoms with Crippen LogP contribution >= 0.6 is 0 Å². The second-order valence-corrected chi connectivity index (χ2v) is 3.09. The summed E-state index contributed by atoms with van der Waals surface area (Å²) in [6.07, 6.45) is -0.256. The molecule has 2 rings (SSSR count). The number of carboxylic acid groups (broad SMARTS) is 1. The molecule has 0 saturated carbocycles. The quantitative estimate of drug-likeness (QED) is 0.754. The Morgan fingerprint density at radius 2 is 2.00 bits per heavy atom. The number of aromatic nitrogens is 4. The highest BCUT2D eigenvalue weighted by Gasteiger charge is 2.11. The van der Waals surface area contributed by atoms with Crippen molar-refractivity contribution in [3.05, 3.63) is 30.1 Å². The lowest BCUT2D eigenvalue weighted by Gasteiger charge is -2.02. The van der Waals surface area contributed by atoms with Gasteiger partial charge in [-0.15, -0.1) is 5.10 Å². The van der Waals surface area contributed by atoms with Gasteiger partial charge in [-0.2, -0.15) is 4.68 Å². The summed E-state index contributed by atoms with van der Waals surface area (Å²) in [6.45, 7) is 0. The number of hydrogen-bond acceptors (Lipinski definition) is 5. The van der Waals surface area contributed by atoms with E-state index in [-0.39, 0.29) is 18.0 Å². The lowest BCUT2D eigenvalue weighted by Crippen LogP contribution is -2.08. The molecule has 0 atom stereocenters. The van der Waals surface area contributed by atoms with Gasteiger partial charge in [0.05, 0.1) is 5.69 Å². The summed E-state index contributed by atoms with van der Waals surface area (Å²) in [4.78, 5) is 10.6. The fourth-order valence-corrected chi connectivity index (χ4v) is 1.25. The second kappa shape index (κ2) is 3.97. The number of phenolic OH excluding ortho intramolecular Hbond substituents is 1. The third kappa shape index (κ3) is 1.97. The largest absolute Gasteiger partial charge is 0.508 e. The van der Waals surface area contributed by atoms with Crippen molar-refractivity contribution in [2.75, 3.05) is 0 Å². The van der Waals surface area contributed by atoms with E-state index in [1.807, 2.05) is 0 Å². The molecule has 82 valence electrons. The molecule has 0 saturated heterocycles. The molecule has 2 N–H and O–H groups in total. The van der Waals surface area contributed by atoms with Crippen molar-refractivity contribution < 1.29 is 15.0 Å². The summed E-state index contributed by atoms with van der Waals surface area (Å²) in [5.41, 5.74) is 0.596. The first-order valence-electron chi connectivity index (χ1n) is 4.45. The van der Waals surface area contributed by atoms with Crippen molar-refractivity contribution in [1.82, 2.24) is 20.2 Å². The molecule has 16 heavy (non-hydrogen) atoms. The van der Waals surface area contributed by atoms with Crippen LogP contribution in [0.1, 0.15) is 5.82 Å². The summed E-state index contributed by atoms with van der Waals surface area (Å²) < 4.78 is 1.31. The average Bonchev–Trinajstić information content (AvgIpc) is 2.66. The van der Waals surface area contributed by atoms with Crippen LogP contribution in [0.4, 0.5) is 0 Å². The SMILES string of the molecule is O=C(O)Cc1nnnn1-c1ccc(O)cc1. The van der Waals surface area contributed by atoms with E-state index in [1.54, 1.807) is 12.1 Å². The van der Waals surface area contributed by atoms with Crippen LogP contribution in [-0.2, 0) is 11.2 Å². The van der Waals surface area contributed by atoms with Crippen LogP contribution in [-0.4, -0.2) is 36.4 Å². The Balaban J connectivity index is 2.36. The topological polar surface area (TPSA) is 101 Å². The van der Waals surface area contributed by atoms with Gasteiger partial charge in [0, 0.05) is 0 Å². The molecular weight excluding hydrogens is 212 g/mol. The molecule has 0 amide bonds. The molecule has 2 aromatic rings. The first-order valence-corrected chi connectivity index (χ1v) is 4.45. The zero-order valence-electron chi connectivity index (χ0n) is 8.11. The number of phenols is 1. The number of benzene rings is 1. The highest BCUT2D eigenvalue weighted by Crippen LogP contribution is 2.13. The Morgan fingerprint density at radius 3 is 2.62 bits per heavy atom. The molecular formula is C9H8N4O3. The van der Waals surface area contributed by atoms with Gasteiger partial charge >= 0.3 is 5.97 Å². The van der Waals surface area contributed by atoms with Gasteiger partial charge in [0.1, 0.15) is 12.2 Å². The zero-order chi connectivity index (χ0) is 11.5. The smallest absolute Gasteiger partial charge is 0.311 e. The number of aliphatic carboxylic acids is 1. The van der Waals surface area contributed by atoms with Crippen molar-refractivity contribution in [2.45, 2.75) is 6.42 Å². The van der Waals surface area contributed by atoms with Crippen LogP contribution in [0, 0.1) is 0 Å². The van der Waals surface area contributed by atoms with Crippen molar-refractivity contribution in [1.29, 1.82) is 0 Å². The molecule has 7 heteroatoms. The number of aromatic hydroxyl groups is 1. The van der Waals surface area contributed by atoms with E-state index in [2.05, 4.69) is 15.5 Å². The Bertz CT molecular complexity index is 506. The average molecular weight is 220 g/mol. The van der Waals surface area contributed by atoms with Gasteiger partial charge in [0.15, 0.2) is 5.82 Å². The van der Waals surface area contributed by atoms with Crippen molar-refractivity contribution in [3.8, 4) is 11.4 Å².